The highest BCUT2D eigenvalue weighted by Crippen LogP contribution is 2.29. The van der Waals surface area contributed by atoms with E-state index in [9.17, 15) is 23.3 Å². The van der Waals surface area contributed by atoms with Crippen molar-refractivity contribution in [2.24, 2.45) is 0 Å². The average molecular weight is 270 g/mol. The van der Waals surface area contributed by atoms with E-state index in [-0.39, 0.29) is 5.75 Å². The van der Waals surface area contributed by atoms with Gasteiger partial charge in [-0.05, 0) is 6.07 Å². The summed E-state index contributed by atoms with van der Waals surface area (Å²) in [6.07, 6.45) is 1.07. The SMILES string of the molecule is O=[N+]([O-])c1cc(F)c(Oc2ccnc(F)c2)cc1F. The molecule has 0 aliphatic rings. The molecule has 0 aliphatic carbocycles. The van der Waals surface area contributed by atoms with Gasteiger partial charge < -0.3 is 4.74 Å². The molecule has 2 rings (SSSR count). The predicted octanol–water partition coefficient (Wildman–Crippen LogP) is 3.20. The van der Waals surface area contributed by atoms with Crippen molar-refractivity contribution in [2.45, 2.75) is 0 Å². The first-order chi connectivity index (χ1) is 8.97. The molecule has 98 valence electrons. The number of nitro groups is 1. The van der Waals surface area contributed by atoms with Crippen LogP contribution in [0.2, 0.25) is 0 Å². The number of nitrogens with zero attached hydrogens (tertiary/aromatic N) is 2. The molecule has 0 N–H and O–H groups in total. The Bertz CT molecular complexity index is 649. The predicted molar refractivity (Wildman–Crippen MR) is 57.3 cm³/mol. The van der Waals surface area contributed by atoms with Crippen LogP contribution < -0.4 is 4.74 Å². The molecule has 0 saturated heterocycles. The van der Waals surface area contributed by atoms with Crippen molar-refractivity contribution in [3.05, 3.63) is 58.2 Å². The quantitative estimate of drug-likeness (QED) is 0.488. The molecule has 19 heavy (non-hydrogen) atoms. The highest BCUT2D eigenvalue weighted by atomic mass is 19.1. The molecule has 8 heteroatoms. The molecular weight excluding hydrogens is 265 g/mol. The number of rotatable bonds is 3. The Hall–Kier alpha value is -2.64. The second-order valence-corrected chi connectivity index (χ2v) is 3.41. The summed E-state index contributed by atoms with van der Waals surface area (Å²) in [5.41, 5.74) is -1.01. The van der Waals surface area contributed by atoms with Gasteiger partial charge >= 0.3 is 5.69 Å². The molecular formula is C11H5F3N2O3. The van der Waals surface area contributed by atoms with E-state index >= 15 is 0 Å². The van der Waals surface area contributed by atoms with Crippen LogP contribution in [-0.4, -0.2) is 9.91 Å². The normalized spacial score (nSPS) is 10.3. The van der Waals surface area contributed by atoms with Crippen molar-refractivity contribution in [2.75, 3.05) is 0 Å². The van der Waals surface area contributed by atoms with E-state index in [0.717, 1.165) is 12.3 Å². The van der Waals surface area contributed by atoms with Crippen molar-refractivity contribution in [3.8, 4) is 11.5 Å². The van der Waals surface area contributed by atoms with E-state index in [2.05, 4.69) is 4.98 Å². The second kappa shape index (κ2) is 4.92. The summed E-state index contributed by atoms with van der Waals surface area (Å²) in [6.45, 7) is 0. The van der Waals surface area contributed by atoms with Crippen molar-refractivity contribution >= 4 is 5.69 Å². The molecule has 5 nitrogen and oxygen atoms in total. The Morgan fingerprint density at radius 1 is 1.16 bits per heavy atom. The maximum Gasteiger partial charge on any atom is 0.307 e. The zero-order chi connectivity index (χ0) is 14.0. The van der Waals surface area contributed by atoms with E-state index in [4.69, 9.17) is 4.74 Å². The lowest BCUT2D eigenvalue weighted by molar-refractivity contribution is -0.387. The van der Waals surface area contributed by atoms with E-state index in [1.807, 2.05) is 0 Å². The van der Waals surface area contributed by atoms with Crippen LogP contribution in [0.4, 0.5) is 18.9 Å². The third-order valence-corrected chi connectivity index (χ3v) is 2.12. The van der Waals surface area contributed by atoms with E-state index in [1.165, 1.54) is 6.07 Å². The molecule has 0 saturated carbocycles. The molecule has 0 unspecified atom stereocenters. The first kappa shape index (κ1) is 12.8. The minimum absolute atomic E-state index is 0.111. The zero-order valence-corrected chi connectivity index (χ0v) is 9.14. The van der Waals surface area contributed by atoms with Gasteiger partial charge in [-0.25, -0.2) is 9.37 Å². The minimum Gasteiger partial charge on any atom is -0.454 e. The maximum absolute atomic E-state index is 13.5. The van der Waals surface area contributed by atoms with E-state index in [0.29, 0.717) is 12.1 Å². The van der Waals surface area contributed by atoms with Gasteiger partial charge in [-0.15, -0.1) is 0 Å². The lowest BCUT2D eigenvalue weighted by atomic mass is 10.3. The van der Waals surface area contributed by atoms with Crippen LogP contribution in [0, 0.1) is 27.7 Å². The van der Waals surface area contributed by atoms with Crippen LogP contribution in [0.1, 0.15) is 0 Å². The number of nitro benzene ring substituents is 1. The lowest BCUT2D eigenvalue weighted by Gasteiger charge is -2.06. The fraction of sp³-hybridized carbons (Fsp3) is 0. The molecule has 0 atom stereocenters. The average Bonchev–Trinajstić information content (AvgIpc) is 2.33. The third kappa shape index (κ3) is 2.79. The Kier molecular flexibility index (Phi) is 3.32. The summed E-state index contributed by atoms with van der Waals surface area (Å²) >= 11 is 0. The summed E-state index contributed by atoms with van der Waals surface area (Å²) in [5, 5.41) is 10.4. The molecule has 2 aromatic rings. The van der Waals surface area contributed by atoms with E-state index in [1.54, 1.807) is 0 Å². The van der Waals surface area contributed by atoms with Crippen LogP contribution in [0.5, 0.6) is 11.5 Å². The Morgan fingerprint density at radius 3 is 2.53 bits per heavy atom. The number of halogens is 3. The van der Waals surface area contributed by atoms with Gasteiger partial charge in [-0.1, -0.05) is 0 Å². The lowest BCUT2D eigenvalue weighted by Crippen LogP contribution is -1.97. The Labute approximate surface area is 104 Å². The summed E-state index contributed by atoms with van der Waals surface area (Å²) in [4.78, 5) is 12.6. The third-order valence-electron chi connectivity index (χ3n) is 2.12. The fourth-order valence-corrected chi connectivity index (χ4v) is 1.31. The molecule has 0 aliphatic heterocycles. The maximum atomic E-state index is 13.5. The van der Waals surface area contributed by atoms with E-state index < -0.39 is 33.9 Å². The molecule has 1 heterocycles. The van der Waals surface area contributed by atoms with Crippen molar-refractivity contribution in [1.82, 2.24) is 4.98 Å². The van der Waals surface area contributed by atoms with Crippen LogP contribution >= 0.6 is 0 Å². The summed E-state index contributed by atoms with van der Waals surface area (Å²) < 4.78 is 44.4. The smallest absolute Gasteiger partial charge is 0.307 e. The number of pyridine rings is 1. The summed E-state index contributed by atoms with van der Waals surface area (Å²) in [6, 6.07) is 2.99. The molecule has 0 spiro atoms. The summed E-state index contributed by atoms with van der Waals surface area (Å²) in [7, 11) is 0. The van der Waals surface area contributed by atoms with Crippen LogP contribution in [0.25, 0.3) is 0 Å². The first-order valence-electron chi connectivity index (χ1n) is 4.90. The molecule has 0 amide bonds. The summed E-state index contributed by atoms with van der Waals surface area (Å²) in [5.74, 6) is -3.95. The van der Waals surface area contributed by atoms with Gasteiger partial charge in [-0.2, -0.15) is 8.78 Å². The highest BCUT2D eigenvalue weighted by Gasteiger charge is 2.19. The Morgan fingerprint density at radius 2 is 1.89 bits per heavy atom. The fourth-order valence-electron chi connectivity index (χ4n) is 1.31. The number of benzene rings is 1. The van der Waals surface area contributed by atoms with Crippen molar-refractivity contribution in [1.29, 1.82) is 0 Å². The molecule has 0 radical (unpaired) electrons. The van der Waals surface area contributed by atoms with Gasteiger partial charge in [0.15, 0.2) is 11.6 Å². The largest absolute Gasteiger partial charge is 0.454 e. The second-order valence-electron chi connectivity index (χ2n) is 3.41. The molecule has 1 aromatic carbocycles. The Balaban J connectivity index is 2.36. The topological polar surface area (TPSA) is 65.3 Å². The first-order valence-corrected chi connectivity index (χ1v) is 4.90. The number of hydrogen-bond donors (Lipinski definition) is 0. The van der Waals surface area contributed by atoms with Gasteiger partial charge in [0.25, 0.3) is 0 Å². The van der Waals surface area contributed by atoms with Crippen molar-refractivity contribution in [3.63, 3.8) is 0 Å². The minimum atomic E-state index is -1.25. The molecule has 0 bridgehead atoms. The van der Waals surface area contributed by atoms with Gasteiger partial charge in [0.1, 0.15) is 5.75 Å². The van der Waals surface area contributed by atoms with Gasteiger partial charge in [-0.3, -0.25) is 10.1 Å². The van der Waals surface area contributed by atoms with Gasteiger partial charge in [0.2, 0.25) is 11.8 Å². The van der Waals surface area contributed by atoms with Crippen LogP contribution in [0.15, 0.2) is 30.5 Å². The number of ether oxygens (including phenoxy) is 1. The van der Waals surface area contributed by atoms with Crippen LogP contribution in [-0.2, 0) is 0 Å². The number of aromatic nitrogens is 1. The standard InChI is InChI=1S/C11H5F3N2O3/c12-7-5-10(8(13)4-9(7)16(17)18)19-6-1-2-15-11(14)3-6/h1-5H. The van der Waals surface area contributed by atoms with Crippen molar-refractivity contribution < 1.29 is 22.8 Å². The van der Waals surface area contributed by atoms with Gasteiger partial charge in [0, 0.05) is 18.3 Å². The van der Waals surface area contributed by atoms with Crippen LogP contribution in [0.3, 0.4) is 0 Å². The van der Waals surface area contributed by atoms with Gasteiger partial charge in [0.05, 0.1) is 11.0 Å². The molecule has 1 aromatic heterocycles. The number of hydrogen-bond acceptors (Lipinski definition) is 4. The zero-order valence-electron chi connectivity index (χ0n) is 9.14. The monoisotopic (exact) mass is 270 g/mol. The molecule has 0 fully saturated rings. The highest BCUT2D eigenvalue weighted by molar-refractivity contribution is 5.41.